The molecule has 0 fully saturated rings. The van der Waals surface area contributed by atoms with Crippen LogP contribution < -0.4 is 10.2 Å². The number of nitrogens with zero attached hydrogens (tertiary/aromatic N) is 2. The fourth-order valence-electron chi connectivity index (χ4n) is 2.18. The Morgan fingerprint density at radius 2 is 2.10 bits per heavy atom. The van der Waals surface area contributed by atoms with Gasteiger partial charge in [-0.2, -0.15) is 13.2 Å². The molecule has 0 aromatic carbocycles. The normalized spacial score (nSPS) is 18.6. The number of hydrogen-bond donors (Lipinski definition) is 2. The van der Waals surface area contributed by atoms with Gasteiger partial charge in [-0.05, 0) is 12.7 Å². The van der Waals surface area contributed by atoms with Crippen molar-refractivity contribution in [1.29, 1.82) is 0 Å². The van der Waals surface area contributed by atoms with Crippen LogP contribution in [0.4, 0.5) is 19.0 Å². The molecule has 9 heteroatoms. The number of halogens is 3. The molecular formula is C12H17F3N4OS. The Morgan fingerprint density at radius 1 is 1.38 bits per heavy atom. The highest BCUT2D eigenvalue weighted by atomic mass is 32.2. The minimum absolute atomic E-state index is 0.0847. The lowest BCUT2D eigenvalue weighted by molar-refractivity contribution is -0.144. The molecule has 2 heterocycles. The van der Waals surface area contributed by atoms with Crippen LogP contribution in [0, 0.1) is 0 Å². The van der Waals surface area contributed by atoms with E-state index in [4.69, 9.17) is 0 Å². The van der Waals surface area contributed by atoms with Crippen LogP contribution in [0.3, 0.4) is 0 Å². The van der Waals surface area contributed by atoms with Gasteiger partial charge in [-0.1, -0.05) is 19.8 Å². The first-order valence-corrected chi connectivity index (χ1v) is 7.94. The Balaban J connectivity index is 2.33. The number of H-pyrrole nitrogens is 1. The molecule has 5 nitrogen and oxygen atoms in total. The fraction of sp³-hybridized carbons (Fsp3) is 0.667. The predicted molar refractivity (Wildman–Crippen MR) is 75.2 cm³/mol. The Hall–Kier alpha value is -1.38. The summed E-state index contributed by atoms with van der Waals surface area (Å²) in [7, 11) is 0. The van der Waals surface area contributed by atoms with Gasteiger partial charge in [0, 0.05) is 6.54 Å². The van der Waals surface area contributed by atoms with Crippen molar-refractivity contribution in [3.05, 3.63) is 11.5 Å². The van der Waals surface area contributed by atoms with Crippen molar-refractivity contribution < 1.29 is 18.0 Å². The van der Waals surface area contributed by atoms with Crippen LogP contribution in [0.2, 0.25) is 0 Å². The van der Waals surface area contributed by atoms with Gasteiger partial charge in [0.05, 0.1) is 0 Å². The van der Waals surface area contributed by atoms with Crippen molar-refractivity contribution in [3.8, 4) is 0 Å². The summed E-state index contributed by atoms with van der Waals surface area (Å²) in [6.07, 6.45) is 0.00151. The van der Waals surface area contributed by atoms with Gasteiger partial charge in [0.1, 0.15) is 5.69 Å². The maximum atomic E-state index is 12.8. The van der Waals surface area contributed by atoms with Gasteiger partial charge in [-0.15, -0.1) is 11.8 Å². The second-order valence-electron chi connectivity index (χ2n) is 4.74. The van der Waals surface area contributed by atoms with Crippen LogP contribution in [0.15, 0.2) is 0 Å². The van der Waals surface area contributed by atoms with Gasteiger partial charge >= 0.3 is 6.18 Å². The van der Waals surface area contributed by atoms with Gasteiger partial charge in [-0.3, -0.25) is 4.79 Å². The van der Waals surface area contributed by atoms with Gasteiger partial charge in [0.25, 0.3) is 5.91 Å². The van der Waals surface area contributed by atoms with Crippen LogP contribution in [0.25, 0.3) is 0 Å². The van der Waals surface area contributed by atoms with E-state index < -0.39 is 23.4 Å². The number of carbonyl (C=O) groups excluding carboxylic acids is 1. The SMILES string of the molecule is CCCCCN1c2nc(C(F)(F)F)[nH]c2C(=O)NC1SC. The summed E-state index contributed by atoms with van der Waals surface area (Å²) in [5, 5.41) is 2.68. The van der Waals surface area contributed by atoms with Crippen molar-refractivity contribution in [2.45, 2.75) is 37.9 Å². The summed E-state index contributed by atoms with van der Waals surface area (Å²) in [6.45, 7) is 2.60. The molecule has 0 saturated heterocycles. The van der Waals surface area contributed by atoms with E-state index in [9.17, 15) is 18.0 Å². The summed E-state index contributed by atoms with van der Waals surface area (Å²) in [5.74, 6) is -1.61. The molecule has 1 unspecified atom stereocenters. The number of unbranched alkanes of at least 4 members (excludes halogenated alkanes) is 2. The third-order valence-corrected chi connectivity index (χ3v) is 4.03. The highest BCUT2D eigenvalue weighted by Gasteiger charge is 2.40. The number of fused-ring (bicyclic) bond motifs is 1. The molecule has 2 N–H and O–H groups in total. The maximum absolute atomic E-state index is 12.8. The molecule has 1 aliphatic heterocycles. The van der Waals surface area contributed by atoms with E-state index in [0.717, 1.165) is 19.3 Å². The largest absolute Gasteiger partial charge is 0.449 e. The van der Waals surface area contributed by atoms with Crippen molar-refractivity contribution in [2.75, 3.05) is 17.7 Å². The molecule has 0 spiro atoms. The summed E-state index contributed by atoms with van der Waals surface area (Å²) < 4.78 is 38.3. The Morgan fingerprint density at radius 3 is 2.67 bits per heavy atom. The molecule has 1 aliphatic rings. The predicted octanol–water partition coefficient (Wildman–Crippen LogP) is 2.82. The number of carbonyl (C=O) groups is 1. The second-order valence-corrected chi connectivity index (χ2v) is 5.66. The summed E-state index contributed by atoms with van der Waals surface area (Å²) in [6, 6.07) is 0. The topological polar surface area (TPSA) is 61.0 Å². The van der Waals surface area contributed by atoms with Crippen LogP contribution in [-0.4, -0.2) is 34.2 Å². The van der Waals surface area contributed by atoms with E-state index in [1.807, 2.05) is 6.92 Å². The van der Waals surface area contributed by atoms with Gasteiger partial charge in [-0.25, -0.2) is 4.98 Å². The van der Waals surface area contributed by atoms with E-state index in [2.05, 4.69) is 15.3 Å². The number of hydrogen-bond acceptors (Lipinski definition) is 4. The Bertz CT molecular complexity index is 517. The quantitative estimate of drug-likeness (QED) is 0.819. The summed E-state index contributed by atoms with van der Waals surface area (Å²) >= 11 is 1.35. The zero-order valence-electron chi connectivity index (χ0n) is 11.8. The highest BCUT2D eigenvalue weighted by molar-refractivity contribution is 7.99. The first kappa shape index (κ1) is 16.0. The number of aromatic amines is 1. The number of aromatic nitrogens is 2. The lowest BCUT2D eigenvalue weighted by Crippen LogP contribution is -2.51. The van der Waals surface area contributed by atoms with Crippen LogP contribution in [-0.2, 0) is 6.18 Å². The van der Waals surface area contributed by atoms with Crippen molar-refractivity contribution in [1.82, 2.24) is 15.3 Å². The molecule has 2 rings (SSSR count). The first-order chi connectivity index (χ1) is 9.88. The number of amides is 1. The molecule has 118 valence electrons. The van der Waals surface area contributed by atoms with Crippen LogP contribution >= 0.6 is 11.8 Å². The molecule has 1 amide bonds. The lowest BCUT2D eigenvalue weighted by atomic mass is 10.2. The number of anilines is 1. The zero-order chi connectivity index (χ0) is 15.6. The third kappa shape index (κ3) is 3.28. The first-order valence-electron chi connectivity index (χ1n) is 6.66. The van der Waals surface area contributed by atoms with Crippen molar-refractivity contribution in [3.63, 3.8) is 0 Å². The second kappa shape index (κ2) is 6.17. The number of alkyl halides is 3. The number of nitrogens with one attached hydrogen (secondary N) is 2. The maximum Gasteiger partial charge on any atom is 0.449 e. The van der Waals surface area contributed by atoms with E-state index in [1.165, 1.54) is 11.8 Å². The number of imidazole rings is 1. The summed E-state index contributed by atoms with van der Waals surface area (Å²) in [4.78, 5) is 19.3. The van der Waals surface area contributed by atoms with Gasteiger partial charge in [0.2, 0.25) is 5.82 Å². The van der Waals surface area contributed by atoms with E-state index in [0.29, 0.717) is 6.54 Å². The van der Waals surface area contributed by atoms with Gasteiger partial charge in [0.15, 0.2) is 11.3 Å². The fourth-order valence-corrected chi connectivity index (χ4v) is 2.86. The Labute approximate surface area is 124 Å². The molecule has 1 atom stereocenters. The van der Waals surface area contributed by atoms with Crippen LogP contribution in [0.5, 0.6) is 0 Å². The standard InChI is InChI=1S/C12H17F3N4OS/c1-3-4-5-6-19-8-7(9(20)18-11(19)21-2)16-10(17-8)12(13,14)15/h11H,3-6H2,1-2H3,(H,16,17)(H,18,20). The molecule has 1 aromatic rings. The highest BCUT2D eigenvalue weighted by Crippen LogP contribution is 2.33. The van der Waals surface area contributed by atoms with Crippen molar-refractivity contribution in [2.24, 2.45) is 0 Å². The minimum Gasteiger partial charge on any atom is -0.329 e. The average Bonchev–Trinajstić information content (AvgIpc) is 2.86. The lowest BCUT2D eigenvalue weighted by Gasteiger charge is -2.35. The summed E-state index contributed by atoms with van der Waals surface area (Å²) in [5.41, 5.74) is -0.518. The van der Waals surface area contributed by atoms with E-state index in [-0.39, 0.29) is 11.5 Å². The molecule has 0 saturated carbocycles. The number of rotatable bonds is 5. The number of thioether (sulfide) groups is 1. The molecule has 0 aliphatic carbocycles. The average molecular weight is 322 g/mol. The van der Waals surface area contributed by atoms with Crippen LogP contribution in [0.1, 0.15) is 42.5 Å². The molecular weight excluding hydrogens is 305 g/mol. The molecule has 21 heavy (non-hydrogen) atoms. The van der Waals surface area contributed by atoms with Crippen molar-refractivity contribution >= 4 is 23.5 Å². The smallest absolute Gasteiger partial charge is 0.329 e. The molecule has 1 aromatic heterocycles. The van der Waals surface area contributed by atoms with Gasteiger partial charge < -0.3 is 15.2 Å². The molecule has 0 bridgehead atoms. The zero-order valence-corrected chi connectivity index (χ0v) is 12.6. The van der Waals surface area contributed by atoms with E-state index in [1.54, 1.807) is 11.2 Å². The van der Waals surface area contributed by atoms with E-state index >= 15 is 0 Å². The third-order valence-electron chi connectivity index (χ3n) is 3.22. The molecule has 0 radical (unpaired) electrons. The monoisotopic (exact) mass is 322 g/mol. The minimum atomic E-state index is -4.60. The Kier molecular flexibility index (Phi) is 4.70.